The number of hydrogen-bond donors (Lipinski definition) is 1. The summed E-state index contributed by atoms with van der Waals surface area (Å²) in [7, 11) is -0.774. The first-order chi connectivity index (χ1) is 13.8. The van der Waals surface area contributed by atoms with Crippen molar-refractivity contribution in [2.75, 3.05) is 19.5 Å². The molecule has 0 spiro atoms. The van der Waals surface area contributed by atoms with Crippen molar-refractivity contribution in [1.29, 1.82) is 0 Å². The molecule has 1 aromatic heterocycles. The van der Waals surface area contributed by atoms with E-state index >= 15 is 0 Å². The Labute approximate surface area is 176 Å². The van der Waals surface area contributed by atoms with E-state index in [1.54, 1.807) is 30.3 Å². The molecular weight excluding hydrogens is 460 g/mol. The summed E-state index contributed by atoms with van der Waals surface area (Å²) in [4.78, 5) is 16.6. The van der Waals surface area contributed by atoms with Gasteiger partial charge in [-0.1, -0.05) is 15.9 Å². The van der Waals surface area contributed by atoms with Gasteiger partial charge >= 0.3 is 0 Å². The molecule has 0 aliphatic rings. The van der Waals surface area contributed by atoms with Gasteiger partial charge < -0.3 is 14.8 Å². The molecule has 0 atom stereocenters. The summed E-state index contributed by atoms with van der Waals surface area (Å²) < 4.78 is 36.5. The molecule has 0 bridgehead atoms. The zero-order valence-corrected chi connectivity index (χ0v) is 18.0. The van der Waals surface area contributed by atoms with Gasteiger partial charge in [-0.15, -0.1) is 0 Å². The fraction of sp³-hybridized carbons (Fsp3) is 0.100. The van der Waals surface area contributed by atoms with Crippen LogP contribution in [0.15, 0.2) is 75.2 Å². The standard InChI is InChI=1S/C20H17BrN2O5S/c1-27-15-6-9-18(28-2)17(11-15)23-20(24)13-3-10-19(22-12-13)29(25,26)16-7-4-14(21)5-8-16/h3-12H,1-2H3,(H,23,24). The summed E-state index contributed by atoms with van der Waals surface area (Å²) in [5, 5.41) is 2.57. The van der Waals surface area contributed by atoms with Crippen molar-refractivity contribution in [3.63, 3.8) is 0 Å². The van der Waals surface area contributed by atoms with Gasteiger partial charge in [-0.2, -0.15) is 0 Å². The lowest BCUT2D eigenvalue weighted by molar-refractivity contribution is 0.102. The van der Waals surface area contributed by atoms with Gasteiger partial charge in [0.05, 0.1) is 30.4 Å². The molecule has 0 aliphatic heterocycles. The first kappa shape index (κ1) is 20.8. The zero-order valence-electron chi connectivity index (χ0n) is 15.5. The van der Waals surface area contributed by atoms with E-state index in [-0.39, 0.29) is 15.5 Å². The Morgan fingerprint density at radius 3 is 2.31 bits per heavy atom. The van der Waals surface area contributed by atoms with Crippen molar-refractivity contribution in [2.45, 2.75) is 9.92 Å². The van der Waals surface area contributed by atoms with E-state index in [0.29, 0.717) is 17.2 Å². The third-order valence-electron chi connectivity index (χ3n) is 4.05. The Hall–Kier alpha value is -2.91. The SMILES string of the molecule is COc1ccc(OC)c(NC(=O)c2ccc(S(=O)(=O)c3ccc(Br)cc3)nc2)c1. The second-order valence-corrected chi connectivity index (χ2v) is 8.68. The van der Waals surface area contributed by atoms with Crippen molar-refractivity contribution >= 4 is 37.4 Å². The highest BCUT2D eigenvalue weighted by Gasteiger charge is 2.20. The molecule has 7 nitrogen and oxygen atoms in total. The number of rotatable bonds is 6. The van der Waals surface area contributed by atoms with Crippen LogP contribution in [0.4, 0.5) is 5.69 Å². The van der Waals surface area contributed by atoms with E-state index in [9.17, 15) is 13.2 Å². The van der Waals surface area contributed by atoms with Crippen LogP contribution in [0.25, 0.3) is 0 Å². The highest BCUT2D eigenvalue weighted by Crippen LogP contribution is 2.29. The molecule has 150 valence electrons. The van der Waals surface area contributed by atoms with Crippen LogP contribution in [0.3, 0.4) is 0 Å². The van der Waals surface area contributed by atoms with E-state index in [0.717, 1.165) is 4.47 Å². The van der Waals surface area contributed by atoms with Crippen LogP contribution in [-0.2, 0) is 9.84 Å². The predicted molar refractivity (Wildman–Crippen MR) is 111 cm³/mol. The van der Waals surface area contributed by atoms with Crippen LogP contribution >= 0.6 is 15.9 Å². The quantitative estimate of drug-likeness (QED) is 0.578. The van der Waals surface area contributed by atoms with Crippen molar-refractivity contribution in [2.24, 2.45) is 0 Å². The molecule has 0 fully saturated rings. The molecule has 2 aromatic carbocycles. The summed E-state index contributed by atoms with van der Waals surface area (Å²) >= 11 is 3.27. The number of aromatic nitrogens is 1. The van der Waals surface area contributed by atoms with Gasteiger partial charge in [-0.3, -0.25) is 4.79 Å². The van der Waals surface area contributed by atoms with E-state index in [1.165, 1.54) is 44.7 Å². The molecule has 0 saturated carbocycles. The van der Waals surface area contributed by atoms with Gasteiger partial charge in [0, 0.05) is 16.7 Å². The fourth-order valence-corrected chi connectivity index (χ4v) is 3.95. The molecule has 1 N–H and O–H groups in total. The van der Waals surface area contributed by atoms with Crippen molar-refractivity contribution in [1.82, 2.24) is 4.98 Å². The summed E-state index contributed by atoms with van der Waals surface area (Å²) in [5.41, 5.74) is 0.619. The van der Waals surface area contributed by atoms with Crippen LogP contribution in [0.5, 0.6) is 11.5 Å². The lowest BCUT2D eigenvalue weighted by Crippen LogP contribution is -2.14. The van der Waals surface area contributed by atoms with E-state index in [1.807, 2.05) is 0 Å². The average Bonchev–Trinajstić information content (AvgIpc) is 2.74. The Morgan fingerprint density at radius 2 is 1.72 bits per heavy atom. The van der Waals surface area contributed by atoms with E-state index in [2.05, 4.69) is 26.2 Å². The lowest BCUT2D eigenvalue weighted by atomic mass is 10.2. The number of amides is 1. The van der Waals surface area contributed by atoms with Crippen LogP contribution in [0.1, 0.15) is 10.4 Å². The number of nitrogens with zero attached hydrogens (tertiary/aromatic N) is 1. The Kier molecular flexibility index (Phi) is 6.19. The summed E-state index contributed by atoms with van der Waals surface area (Å²) in [6.07, 6.45) is 1.22. The Bertz CT molecular complexity index is 1130. The number of nitrogens with one attached hydrogen (secondary N) is 1. The van der Waals surface area contributed by atoms with Crippen LogP contribution < -0.4 is 14.8 Å². The highest BCUT2D eigenvalue weighted by atomic mass is 79.9. The molecule has 9 heteroatoms. The van der Waals surface area contributed by atoms with Gasteiger partial charge in [0.1, 0.15) is 11.5 Å². The van der Waals surface area contributed by atoms with Crippen LogP contribution in [0, 0.1) is 0 Å². The third-order valence-corrected chi connectivity index (χ3v) is 6.27. The first-order valence-corrected chi connectivity index (χ1v) is 10.6. The maximum Gasteiger partial charge on any atom is 0.257 e. The van der Waals surface area contributed by atoms with Crippen molar-refractivity contribution in [3.05, 3.63) is 70.8 Å². The van der Waals surface area contributed by atoms with E-state index < -0.39 is 15.7 Å². The molecule has 0 radical (unpaired) electrons. The topological polar surface area (TPSA) is 94.6 Å². The number of hydrogen-bond acceptors (Lipinski definition) is 6. The molecule has 29 heavy (non-hydrogen) atoms. The molecule has 3 aromatic rings. The van der Waals surface area contributed by atoms with Gasteiger partial charge in [0.15, 0.2) is 5.03 Å². The number of sulfone groups is 1. The molecule has 0 saturated heterocycles. The second kappa shape index (κ2) is 8.62. The maximum atomic E-state index is 12.7. The third kappa shape index (κ3) is 4.57. The van der Waals surface area contributed by atoms with Crippen molar-refractivity contribution in [3.8, 4) is 11.5 Å². The molecule has 1 amide bonds. The van der Waals surface area contributed by atoms with Gasteiger partial charge in [0.2, 0.25) is 9.84 Å². The van der Waals surface area contributed by atoms with Crippen LogP contribution in [0.2, 0.25) is 0 Å². The summed E-state index contributed by atoms with van der Waals surface area (Å²) in [5.74, 6) is 0.549. The minimum absolute atomic E-state index is 0.117. The predicted octanol–water partition coefficient (Wildman–Crippen LogP) is 3.95. The number of carbonyl (C=O) groups excluding carboxylic acids is 1. The highest BCUT2D eigenvalue weighted by molar-refractivity contribution is 9.10. The van der Waals surface area contributed by atoms with Gasteiger partial charge in [0.25, 0.3) is 5.91 Å². The number of methoxy groups -OCH3 is 2. The largest absolute Gasteiger partial charge is 0.497 e. The minimum Gasteiger partial charge on any atom is -0.497 e. The number of pyridine rings is 1. The maximum absolute atomic E-state index is 12.7. The summed E-state index contributed by atoms with van der Waals surface area (Å²) in [6, 6.07) is 13.9. The van der Waals surface area contributed by atoms with Gasteiger partial charge in [-0.05, 0) is 48.5 Å². The van der Waals surface area contributed by atoms with Crippen LogP contribution in [-0.4, -0.2) is 33.5 Å². The molecule has 1 heterocycles. The van der Waals surface area contributed by atoms with Crippen molar-refractivity contribution < 1.29 is 22.7 Å². The number of anilines is 1. The average molecular weight is 477 g/mol. The second-order valence-electron chi connectivity index (χ2n) is 5.86. The molecule has 3 rings (SSSR count). The fourth-order valence-electron chi connectivity index (χ4n) is 2.51. The minimum atomic E-state index is -3.78. The smallest absolute Gasteiger partial charge is 0.257 e. The summed E-state index contributed by atoms with van der Waals surface area (Å²) in [6.45, 7) is 0. The number of carbonyl (C=O) groups is 1. The Balaban J connectivity index is 1.83. The first-order valence-electron chi connectivity index (χ1n) is 8.35. The lowest BCUT2D eigenvalue weighted by Gasteiger charge is -2.12. The molecular formula is C20H17BrN2O5S. The molecule has 0 unspecified atom stereocenters. The van der Waals surface area contributed by atoms with E-state index in [4.69, 9.17) is 9.47 Å². The number of ether oxygens (including phenoxy) is 2. The number of benzene rings is 2. The monoisotopic (exact) mass is 476 g/mol. The zero-order chi connectivity index (χ0) is 21.0. The van der Waals surface area contributed by atoms with Gasteiger partial charge in [-0.25, -0.2) is 13.4 Å². The molecule has 0 aliphatic carbocycles. The number of halogens is 1. The Morgan fingerprint density at radius 1 is 1.00 bits per heavy atom. The normalized spacial score (nSPS) is 11.0.